The van der Waals surface area contributed by atoms with E-state index in [1.807, 2.05) is 18.2 Å². The minimum atomic E-state index is -3.13. The predicted molar refractivity (Wildman–Crippen MR) is 58.8 cm³/mol. The molecule has 0 aromatic heterocycles. The average Bonchev–Trinajstić information content (AvgIpc) is 2.27. The van der Waals surface area contributed by atoms with E-state index in [1.165, 1.54) is 0 Å². The summed E-state index contributed by atoms with van der Waals surface area (Å²) in [4.78, 5) is 0. The highest BCUT2D eigenvalue weighted by Gasteiger charge is 2.13. The third-order valence-electron chi connectivity index (χ3n) is 2.26. The molecule has 1 radical (unpaired) electrons. The molecule has 0 saturated carbocycles. The fourth-order valence-corrected chi connectivity index (χ4v) is 1.86. The van der Waals surface area contributed by atoms with E-state index in [9.17, 15) is 13.5 Å². The number of thiol groups is 1. The molecular formula is C11H9O4S. The van der Waals surface area contributed by atoms with Gasteiger partial charge in [-0.1, -0.05) is 42.5 Å². The summed E-state index contributed by atoms with van der Waals surface area (Å²) in [6.45, 7) is 0. The largest absolute Gasteiger partial charge is 0.260 e. The van der Waals surface area contributed by atoms with Gasteiger partial charge < -0.3 is 0 Å². The number of fused-ring (bicyclic) bond motifs is 1. The van der Waals surface area contributed by atoms with Crippen LogP contribution in [0, 0.1) is 0 Å². The van der Waals surface area contributed by atoms with Crippen molar-refractivity contribution in [3.63, 3.8) is 0 Å². The Hall–Kier alpha value is -1.43. The van der Waals surface area contributed by atoms with E-state index in [1.54, 1.807) is 24.3 Å². The van der Waals surface area contributed by atoms with Crippen LogP contribution in [-0.4, -0.2) is 8.42 Å². The van der Waals surface area contributed by atoms with Gasteiger partial charge >= 0.3 is 0 Å². The first-order valence-corrected chi connectivity index (χ1v) is 5.72. The molecule has 2 rings (SSSR count). The summed E-state index contributed by atoms with van der Waals surface area (Å²) >= 11 is 0. The van der Waals surface area contributed by atoms with Crippen molar-refractivity contribution in [1.82, 2.24) is 0 Å². The van der Waals surface area contributed by atoms with E-state index < -0.39 is 17.3 Å². The predicted octanol–water partition coefficient (Wildman–Crippen LogP) is 1.81. The van der Waals surface area contributed by atoms with Crippen LogP contribution in [0.5, 0.6) is 0 Å². The van der Waals surface area contributed by atoms with Crippen molar-refractivity contribution in [1.29, 1.82) is 0 Å². The van der Waals surface area contributed by atoms with Gasteiger partial charge in [-0.05, 0) is 10.8 Å². The molecule has 2 aromatic carbocycles. The lowest BCUT2D eigenvalue weighted by Crippen LogP contribution is -2.01. The van der Waals surface area contributed by atoms with Gasteiger partial charge in [-0.3, -0.25) is 0 Å². The molecule has 0 aliphatic heterocycles. The molecule has 0 aliphatic carbocycles. The van der Waals surface area contributed by atoms with E-state index in [0.717, 1.165) is 5.39 Å². The average molecular weight is 237 g/mol. The molecule has 0 spiro atoms. The molecule has 4 nitrogen and oxygen atoms in total. The van der Waals surface area contributed by atoms with Crippen molar-refractivity contribution in [2.24, 2.45) is 0 Å². The molecule has 5 heteroatoms. The van der Waals surface area contributed by atoms with Gasteiger partial charge in [-0.15, -0.1) is 0 Å². The molecular weight excluding hydrogens is 228 g/mol. The highest BCUT2D eigenvalue weighted by Crippen LogP contribution is 2.25. The van der Waals surface area contributed by atoms with Crippen LogP contribution in [0.25, 0.3) is 10.8 Å². The highest BCUT2D eigenvalue weighted by atomic mass is 32.2. The van der Waals surface area contributed by atoms with E-state index in [0.29, 0.717) is 10.9 Å². The minimum absolute atomic E-state index is 0.331. The second-order valence-electron chi connectivity index (χ2n) is 3.23. The van der Waals surface area contributed by atoms with Crippen molar-refractivity contribution in [2.45, 2.75) is 6.29 Å². The molecule has 2 aromatic rings. The van der Waals surface area contributed by atoms with Crippen molar-refractivity contribution in [3.05, 3.63) is 48.0 Å². The Morgan fingerprint density at radius 2 is 1.69 bits per heavy atom. The van der Waals surface area contributed by atoms with Gasteiger partial charge in [0.15, 0.2) is 0 Å². The van der Waals surface area contributed by atoms with Crippen LogP contribution < -0.4 is 0 Å². The molecule has 16 heavy (non-hydrogen) atoms. The second kappa shape index (κ2) is 4.61. The van der Waals surface area contributed by atoms with E-state index >= 15 is 0 Å². The van der Waals surface area contributed by atoms with Crippen LogP contribution >= 0.6 is 0 Å². The summed E-state index contributed by atoms with van der Waals surface area (Å²) < 4.78 is 24.9. The fraction of sp³-hybridized carbons (Fsp3) is 0.0909. The maximum atomic E-state index is 11.5. The fourth-order valence-electron chi connectivity index (χ4n) is 1.59. The Morgan fingerprint density at radius 3 is 2.44 bits per heavy atom. The molecule has 0 aliphatic rings. The summed E-state index contributed by atoms with van der Waals surface area (Å²) in [6, 6.07) is 12.4. The summed E-state index contributed by atoms with van der Waals surface area (Å²) in [5, 5.41) is 13.1. The quantitative estimate of drug-likeness (QED) is 0.654. The number of hydrogen-bond acceptors (Lipinski definition) is 3. The molecule has 0 saturated heterocycles. The molecule has 83 valence electrons. The van der Waals surface area contributed by atoms with Gasteiger partial charge in [0, 0.05) is 5.56 Å². The number of rotatable bonds is 3. The minimum Gasteiger partial charge on any atom is -0.232 e. The van der Waals surface area contributed by atoms with Crippen molar-refractivity contribution in [2.75, 3.05) is 0 Å². The molecule has 1 unspecified atom stereocenters. The van der Waals surface area contributed by atoms with Crippen molar-refractivity contribution in [3.8, 4) is 0 Å². The maximum absolute atomic E-state index is 11.5. The summed E-state index contributed by atoms with van der Waals surface area (Å²) in [5.41, 5.74) is 0.331. The Labute approximate surface area is 94.3 Å². The molecule has 0 N–H and O–H groups in total. The van der Waals surface area contributed by atoms with Gasteiger partial charge in [-0.2, -0.15) is 5.11 Å². The molecule has 1 atom stereocenters. The lowest BCUT2D eigenvalue weighted by atomic mass is 10.0. The Balaban J connectivity index is 2.51. The zero-order chi connectivity index (χ0) is 11.5. The highest BCUT2D eigenvalue weighted by molar-refractivity contribution is 7.67. The maximum Gasteiger partial charge on any atom is 0.260 e. The van der Waals surface area contributed by atoms with Crippen molar-refractivity contribution < 1.29 is 17.7 Å². The van der Waals surface area contributed by atoms with Gasteiger partial charge in [0.05, 0.1) is 0 Å². The lowest BCUT2D eigenvalue weighted by molar-refractivity contribution is -0.0655. The second-order valence-corrected chi connectivity index (χ2v) is 3.89. The van der Waals surface area contributed by atoms with E-state index in [4.69, 9.17) is 0 Å². The van der Waals surface area contributed by atoms with Crippen LogP contribution in [-0.2, 0) is 20.3 Å². The number of benzene rings is 2. The third-order valence-corrected chi connectivity index (χ3v) is 2.62. The summed E-state index contributed by atoms with van der Waals surface area (Å²) in [5.74, 6) is 0. The number of hydrogen-bond donors (Lipinski definition) is 1. The standard InChI is InChI=1S/C11H9O4S/c12-11(15-16(13)14)10-7-3-5-8-4-1-2-6-9(8)10/h1-7,11,16H. The van der Waals surface area contributed by atoms with Crippen LogP contribution in [0.3, 0.4) is 0 Å². The van der Waals surface area contributed by atoms with Gasteiger partial charge in [0.1, 0.15) is 0 Å². The van der Waals surface area contributed by atoms with Crippen LogP contribution in [0.2, 0.25) is 0 Å². The van der Waals surface area contributed by atoms with E-state index in [2.05, 4.69) is 4.18 Å². The van der Waals surface area contributed by atoms with Crippen LogP contribution in [0.1, 0.15) is 11.9 Å². The van der Waals surface area contributed by atoms with Crippen LogP contribution in [0.15, 0.2) is 42.5 Å². The SMILES string of the molecule is [O]C(O[SH](=O)=O)c1cccc2ccccc12. The topological polar surface area (TPSA) is 63.3 Å². The lowest BCUT2D eigenvalue weighted by Gasteiger charge is -2.08. The Morgan fingerprint density at radius 1 is 1.00 bits per heavy atom. The summed E-state index contributed by atoms with van der Waals surface area (Å²) in [6.07, 6.45) is -1.70. The molecule has 0 amide bonds. The normalized spacial score (nSPS) is 13.1. The first kappa shape index (κ1) is 11.1. The van der Waals surface area contributed by atoms with Crippen molar-refractivity contribution >= 4 is 21.8 Å². The van der Waals surface area contributed by atoms with Crippen LogP contribution in [0.4, 0.5) is 0 Å². The molecule has 0 bridgehead atoms. The first-order chi connectivity index (χ1) is 7.68. The Kier molecular flexibility index (Phi) is 3.19. The van der Waals surface area contributed by atoms with E-state index in [-0.39, 0.29) is 0 Å². The summed E-state index contributed by atoms with van der Waals surface area (Å²) in [7, 11) is -3.13. The van der Waals surface area contributed by atoms with Gasteiger partial charge in [0.25, 0.3) is 11.0 Å². The smallest absolute Gasteiger partial charge is 0.232 e. The molecule has 0 fully saturated rings. The first-order valence-electron chi connectivity index (χ1n) is 4.63. The molecule has 0 heterocycles. The monoisotopic (exact) mass is 237 g/mol. The zero-order valence-corrected chi connectivity index (χ0v) is 9.09. The van der Waals surface area contributed by atoms with Gasteiger partial charge in [-0.25, -0.2) is 12.6 Å². The van der Waals surface area contributed by atoms with Gasteiger partial charge in [0.2, 0.25) is 6.29 Å². The zero-order valence-electron chi connectivity index (χ0n) is 8.20. The Bertz CT molecular complexity index is 564. The third kappa shape index (κ3) is 2.21.